The van der Waals surface area contributed by atoms with Crippen LogP contribution in [0.1, 0.15) is 16.1 Å². The highest BCUT2D eigenvalue weighted by Gasteiger charge is 2.15. The second-order valence-corrected chi connectivity index (χ2v) is 5.13. The van der Waals surface area contributed by atoms with Crippen LogP contribution in [0.5, 0.6) is 0 Å². The van der Waals surface area contributed by atoms with Gasteiger partial charge >= 0.3 is 5.97 Å². The number of carboxylic acid groups (broad SMARTS) is 1. The third kappa shape index (κ3) is 2.73. The van der Waals surface area contributed by atoms with Gasteiger partial charge in [-0.15, -0.1) is 0 Å². The molecule has 94 valence electrons. The molecule has 2 rings (SSSR count). The third-order valence-corrected chi connectivity index (χ3v) is 3.59. The smallest absolute Gasteiger partial charge is 0.341 e. The number of carbonyl (C=O) groups is 1. The van der Waals surface area contributed by atoms with Gasteiger partial charge in [-0.3, -0.25) is 0 Å². The summed E-state index contributed by atoms with van der Waals surface area (Å²) in [4.78, 5) is 10.9. The lowest BCUT2D eigenvalue weighted by Gasteiger charge is -2.09. The van der Waals surface area contributed by atoms with E-state index in [2.05, 4.69) is 42.3 Å². The first-order valence-corrected chi connectivity index (χ1v) is 6.53. The summed E-state index contributed by atoms with van der Waals surface area (Å²) < 4.78 is 6.64. The van der Waals surface area contributed by atoms with Gasteiger partial charge in [0.15, 0.2) is 5.76 Å². The Morgan fingerprint density at radius 1 is 1.39 bits per heavy atom. The molecule has 0 saturated carbocycles. The van der Waals surface area contributed by atoms with Crippen LogP contribution >= 0.6 is 31.9 Å². The van der Waals surface area contributed by atoms with Crippen molar-refractivity contribution in [3.63, 3.8) is 0 Å². The van der Waals surface area contributed by atoms with Crippen LogP contribution in [0, 0.1) is 0 Å². The van der Waals surface area contributed by atoms with E-state index in [-0.39, 0.29) is 17.9 Å². The van der Waals surface area contributed by atoms with Crippen molar-refractivity contribution in [2.45, 2.75) is 6.54 Å². The molecule has 5 nitrogen and oxygen atoms in total. The number of nitrogens with one attached hydrogen (secondary N) is 1. The highest BCUT2D eigenvalue weighted by molar-refractivity contribution is 9.11. The number of aromatic nitrogens is 1. The Morgan fingerprint density at radius 2 is 2.06 bits per heavy atom. The minimum atomic E-state index is -1.06. The van der Waals surface area contributed by atoms with Crippen LogP contribution < -0.4 is 5.32 Å². The SMILES string of the molecule is O=C(O)c1cnoc1CNc1c(Br)cccc1Br. The molecule has 18 heavy (non-hydrogen) atoms. The molecule has 7 heteroatoms. The topological polar surface area (TPSA) is 75.4 Å². The average Bonchev–Trinajstić information content (AvgIpc) is 2.76. The Bertz CT molecular complexity index is 563. The fraction of sp³-hybridized carbons (Fsp3) is 0.0909. The van der Waals surface area contributed by atoms with Gasteiger partial charge in [-0.2, -0.15) is 0 Å². The number of halogens is 2. The van der Waals surface area contributed by atoms with Gasteiger partial charge in [0.2, 0.25) is 0 Å². The number of anilines is 1. The summed E-state index contributed by atoms with van der Waals surface area (Å²) in [6.45, 7) is 0.239. The quantitative estimate of drug-likeness (QED) is 0.855. The summed E-state index contributed by atoms with van der Waals surface area (Å²) in [7, 11) is 0. The molecule has 0 spiro atoms. The molecule has 0 fully saturated rings. The van der Waals surface area contributed by atoms with E-state index >= 15 is 0 Å². The van der Waals surface area contributed by atoms with Gasteiger partial charge in [-0.25, -0.2) is 4.79 Å². The number of rotatable bonds is 4. The number of hydrogen-bond acceptors (Lipinski definition) is 4. The maximum atomic E-state index is 10.9. The van der Waals surface area contributed by atoms with Crippen molar-refractivity contribution < 1.29 is 14.4 Å². The summed E-state index contributed by atoms with van der Waals surface area (Å²) in [6, 6.07) is 5.65. The Labute approximate surface area is 119 Å². The van der Waals surface area contributed by atoms with E-state index in [1.807, 2.05) is 18.2 Å². The number of hydrogen-bond donors (Lipinski definition) is 2. The van der Waals surface area contributed by atoms with Crippen LogP contribution in [0.2, 0.25) is 0 Å². The molecule has 0 aliphatic carbocycles. The number of carboxylic acids is 1. The summed E-state index contributed by atoms with van der Waals surface area (Å²) in [5, 5.41) is 15.5. The minimum Gasteiger partial charge on any atom is -0.478 e. The predicted octanol–water partition coefficient (Wildman–Crippen LogP) is 3.51. The molecule has 1 aromatic carbocycles. The predicted molar refractivity (Wildman–Crippen MR) is 72.6 cm³/mol. The van der Waals surface area contributed by atoms with Crippen LogP contribution in [0.25, 0.3) is 0 Å². The molecule has 0 atom stereocenters. The van der Waals surface area contributed by atoms with Crippen molar-refractivity contribution in [2.24, 2.45) is 0 Å². The van der Waals surface area contributed by atoms with E-state index in [0.29, 0.717) is 0 Å². The summed E-state index contributed by atoms with van der Waals surface area (Å²) in [5.74, 6) is -0.774. The summed E-state index contributed by atoms with van der Waals surface area (Å²) >= 11 is 6.81. The van der Waals surface area contributed by atoms with Crippen LogP contribution in [-0.4, -0.2) is 16.2 Å². The van der Waals surface area contributed by atoms with E-state index in [9.17, 15) is 4.79 Å². The van der Waals surface area contributed by atoms with Gasteiger partial charge in [0.25, 0.3) is 0 Å². The van der Waals surface area contributed by atoms with Crippen molar-refractivity contribution in [3.8, 4) is 0 Å². The van der Waals surface area contributed by atoms with E-state index in [1.165, 1.54) is 6.20 Å². The molecule has 0 unspecified atom stereocenters. The van der Waals surface area contributed by atoms with Gasteiger partial charge in [0.1, 0.15) is 5.56 Å². The molecule has 2 aromatic rings. The molecule has 2 N–H and O–H groups in total. The average molecular weight is 376 g/mol. The molecule has 1 aromatic heterocycles. The fourth-order valence-corrected chi connectivity index (χ4v) is 2.68. The Hall–Kier alpha value is -1.34. The molecule has 0 amide bonds. The molecule has 0 aliphatic heterocycles. The molecule has 1 heterocycles. The zero-order valence-electron chi connectivity index (χ0n) is 8.98. The van der Waals surface area contributed by atoms with Crippen molar-refractivity contribution >= 4 is 43.5 Å². The first-order chi connectivity index (χ1) is 8.59. The number of nitrogens with zero attached hydrogens (tertiary/aromatic N) is 1. The Balaban J connectivity index is 2.17. The number of para-hydroxylation sites is 1. The highest BCUT2D eigenvalue weighted by Crippen LogP contribution is 2.31. The molecular formula is C11H8Br2N2O3. The van der Waals surface area contributed by atoms with Gasteiger partial charge < -0.3 is 14.9 Å². The largest absolute Gasteiger partial charge is 0.478 e. The standard InChI is InChI=1S/C11H8Br2N2O3/c12-7-2-1-3-8(13)10(7)14-5-9-6(11(16)17)4-15-18-9/h1-4,14H,5H2,(H,16,17). The maximum Gasteiger partial charge on any atom is 0.341 e. The second-order valence-electron chi connectivity index (χ2n) is 3.42. The lowest BCUT2D eigenvalue weighted by Crippen LogP contribution is -2.05. The van der Waals surface area contributed by atoms with E-state index < -0.39 is 5.97 Å². The van der Waals surface area contributed by atoms with Crippen LogP contribution in [0.3, 0.4) is 0 Å². The minimum absolute atomic E-state index is 0.0608. The zero-order valence-corrected chi connectivity index (χ0v) is 12.2. The Morgan fingerprint density at radius 3 is 2.67 bits per heavy atom. The highest BCUT2D eigenvalue weighted by atomic mass is 79.9. The number of benzene rings is 1. The van der Waals surface area contributed by atoms with Crippen LogP contribution in [0.4, 0.5) is 5.69 Å². The lowest BCUT2D eigenvalue weighted by molar-refractivity contribution is 0.0694. The molecular weight excluding hydrogens is 368 g/mol. The molecule has 0 radical (unpaired) electrons. The summed E-state index contributed by atoms with van der Waals surface area (Å²) in [5.41, 5.74) is 0.885. The Kier molecular flexibility index (Phi) is 4.03. The van der Waals surface area contributed by atoms with Crippen LogP contribution in [-0.2, 0) is 6.54 Å². The van der Waals surface area contributed by atoms with Gasteiger partial charge in [-0.05, 0) is 44.0 Å². The molecule has 0 saturated heterocycles. The summed E-state index contributed by atoms with van der Waals surface area (Å²) in [6.07, 6.45) is 1.19. The second kappa shape index (κ2) is 5.53. The van der Waals surface area contributed by atoms with Crippen molar-refractivity contribution in [2.75, 3.05) is 5.32 Å². The van der Waals surface area contributed by atoms with Crippen LogP contribution in [0.15, 0.2) is 37.9 Å². The van der Waals surface area contributed by atoms with Gasteiger partial charge in [0, 0.05) is 8.95 Å². The first kappa shape index (κ1) is 13.1. The normalized spacial score (nSPS) is 10.3. The van der Waals surface area contributed by atoms with E-state index in [4.69, 9.17) is 9.63 Å². The maximum absolute atomic E-state index is 10.9. The number of aromatic carboxylic acids is 1. The van der Waals surface area contributed by atoms with E-state index in [1.54, 1.807) is 0 Å². The lowest BCUT2D eigenvalue weighted by atomic mass is 10.2. The van der Waals surface area contributed by atoms with Crippen molar-refractivity contribution in [1.82, 2.24) is 5.16 Å². The monoisotopic (exact) mass is 374 g/mol. The van der Waals surface area contributed by atoms with Gasteiger partial charge in [0.05, 0.1) is 18.4 Å². The fourth-order valence-electron chi connectivity index (χ4n) is 1.40. The molecule has 0 aliphatic rings. The first-order valence-electron chi connectivity index (χ1n) is 4.94. The van der Waals surface area contributed by atoms with Gasteiger partial charge in [-0.1, -0.05) is 11.2 Å². The van der Waals surface area contributed by atoms with E-state index in [0.717, 1.165) is 14.6 Å². The molecule has 0 bridgehead atoms. The third-order valence-electron chi connectivity index (χ3n) is 2.26. The van der Waals surface area contributed by atoms with Crippen molar-refractivity contribution in [1.29, 1.82) is 0 Å². The zero-order chi connectivity index (χ0) is 13.1. The van der Waals surface area contributed by atoms with Crippen molar-refractivity contribution in [3.05, 3.63) is 44.7 Å².